The minimum Gasteiger partial charge on any atom is -0.453 e. The first kappa shape index (κ1) is 22.2. The molecule has 1 saturated heterocycles. The van der Waals surface area contributed by atoms with Crippen molar-refractivity contribution in [1.82, 2.24) is 4.90 Å². The zero-order valence-corrected chi connectivity index (χ0v) is 18.1. The van der Waals surface area contributed by atoms with E-state index in [1.807, 2.05) is 38.1 Å². The van der Waals surface area contributed by atoms with Crippen molar-refractivity contribution in [2.75, 3.05) is 13.7 Å². The number of aryl methyl sites for hydroxylation is 1. The van der Waals surface area contributed by atoms with Gasteiger partial charge >= 0.3 is 12.1 Å². The molecule has 1 amide bonds. The maximum atomic E-state index is 12.8. The summed E-state index contributed by atoms with van der Waals surface area (Å²) >= 11 is 0. The number of methoxy groups -OCH3 is 1. The predicted molar refractivity (Wildman–Crippen MR) is 115 cm³/mol. The SMILES string of the molecule is CCC[C@H](N)C(=O)O[C@@]1(C#Cc2cccc(C)c2)CCC[C@@H]2[C@H]1CCN2C(=O)OC. The molecule has 6 nitrogen and oxygen atoms in total. The molecule has 1 aromatic rings. The molecule has 2 fully saturated rings. The number of hydrogen-bond acceptors (Lipinski definition) is 5. The lowest BCUT2D eigenvalue weighted by atomic mass is 9.72. The second-order valence-electron chi connectivity index (χ2n) is 8.34. The quantitative estimate of drug-likeness (QED) is 0.605. The highest BCUT2D eigenvalue weighted by molar-refractivity contribution is 5.76. The minimum absolute atomic E-state index is 0.0480. The second-order valence-corrected chi connectivity index (χ2v) is 8.34. The number of ether oxygens (including phenoxy) is 2. The number of amides is 1. The molecule has 1 saturated carbocycles. The molecule has 0 radical (unpaired) electrons. The van der Waals surface area contributed by atoms with Gasteiger partial charge in [-0.1, -0.05) is 31.4 Å². The molecule has 6 heteroatoms. The van der Waals surface area contributed by atoms with Crippen LogP contribution in [0.5, 0.6) is 0 Å². The number of benzene rings is 1. The van der Waals surface area contributed by atoms with Crippen molar-refractivity contribution >= 4 is 12.1 Å². The number of carbonyl (C=O) groups excluding carboxylic acids is 2. The highest BCUT2D eigenvalue weighted by Gasteiger charge is 2.54. The largest absolute Gasteiger partial charge is 0.453 e. The second kappa shape index (κ2) is 9.53. The van der Waals surface area contributed by atoms with E-state index in [0.29, 0.717) is 19.4 Å². The Morgan fingerprint density at radius 2 is 2.17 bits per heavy atom. The molecule has 1 aromatic carbocycles. The Hall–Kier alpha value is -2.52. The molecule has 0 aromatic heterocycles. The van der Waals surface area contributed by atoms with Gasteiger partial charge in [0.25, 0.3) is 0 Å². The summed E-state index contributed by atoms with van der Waals surface area (Å²) in [6, 6.07) is 7.24. The van der Waals surface area contributed by atoms with Crippen LogP contribution in [0.1, 0.15) is 56.6 Å². The van der Waals surface area contributed by atoms with Crippen LogP contribution in [0.4, 0.5) is 4.79 Å². The first-order chi connectivity index (χ1) is 14.4. The highest BCUT2D eigenvalue weighted by Crippen LogP contribution is 2.45. The van der Waals surface area contributed by atoms with Gasteiger partial charge in [0.1, 0.15) is 6.04 Å². The Bertz CT molecular complexity index is 843. The summed E-state index contributed by atoms with van der Waals surface area (Å²) in [5.41, 5.74) is 7.12. The summed E-state index contributed by atoms with van der Waals surface area (Å²) in [6.07, 6.45) is 4.08. The van der Waals surface area contributed by atoms with Crippen molar-refractivity contribution in [3.8, 4) is 11.8 Å². The predicted octanol–water partition coefficient (Wildman–Crippen LogP) is 3.40. The van der Waals surface area contributed by atoms with E-state index in [1.54, 1.807) is 4.90 Å². The van der Waals surface area contributed by atoms with Gasteiger partial charge in [0, 0.05) is 24.1 Å². The van der Waals surface area contributed by atoms with Crippen LogP contribution in [-0.4, -0.2) is 48.3 Å². The molecular formula is C24H32N2O4. The third-order valence-corrected chi connectivity index (χ3v) is 6.22. The van der Waals surface area contributed by atoms with Gasteiger partial charge in [-0.15, -0.1) is 0 Å². The van der Waals surface area contributed by atoms with Gasteiger partial charge < -0.3 is 20.1 Å². The molecular weight excluding hydrogens is 380 g/mol. The highest BCUT2D eigenvalue weighted by atomic mass is 16.6. The Kier molecular flexibility index (Phi) is 7.04. The van der Waals surface area contributed by atoms with Crippen LogP contribution < -0.4 is 5.73 Å². The van der Waals surface area contributed by atoms with E-state index in [4.69, 9.17) is 15.2 Å². The van der Waals surface area contributed by atoms with E-state index in [0.717, 1.165) is 36.8 Å². The van der Waals surface area contributed by atoms with Crippen molar-refractivity contribution in [2.24, 2.45) is 11.7 Å². The molecule has 0 unspecified atom stereocenters. The van der Waals surface area contributed by atoms with Crippen LogP contribution in [0.3, 0.4) is 0 Å². The van der Waals surface area contributed by atoms with E-state index in [9.17, 15) is 9.59 Å². The lowest BCUT2D eigenvalue weighted by Gasteiger charge is -2.42. The molecule has 3 rings (SSSR count). The fraction of sp³-hybridized carbons (Fsp3) is 0.583. The Morgan fingerprint density at radius 3 is 2.87 bits per heavy atom. The van der Waals surface area contributed by atoms with Gasteiger partial charge in [0.05, 0.1) is 7.11 Å². The van der Waals surface area contributed by atoms with Crippen LogP contribution in [0.2, 0.25) is 0 Å². The maximum absolute atomic E-state index is 12.8. The minimum atomic E-state index is -0.947. The Labute approximate surface area is 179 Å². The van der Waals surface area contributed by atoms with Gasteiger partial charge in [0.15, 0.2) is 5.60 Å². The first-order valence-corrected chi connectivity index (χ1v) is 10.8. The molecule has 2 aliphatic rings. The molecule has 0 spiro atoms. The van der Waals surface area contributed by atoms with Crippen molar-refractivity contribution in [3.63, 3.8) is 0 Å². The van der Waals surface area contributed by atoms with Crippen LogP contribution >= 0.6 is 0 Å². The zero-order valence-electron chi connectivity index (χ0n) is 18.1. The lowest BCUT2D eigenvalue weighted by Crippen LogP contribution is -2.53. The number of fused-ring (bicyclic) bond motifs is 1. The standard InChI is InChI=1S/C24H32N2O4/c1-4-7-20(25)22(27)30-24(14-11-18-9-5-8-17(2)16-18)13-6-10-21-19(24)12-15-26(21)23(28)29-3/h5,8-9,16,19-21H,4,6-7,10,12-13,15,25H2,1-3H3/t19-,20+,21-,24-/m1/s1. The number of likely N-dealkylation sites (tertiary alicyclic amines) is 1. The molecule has 30 heavy (non-hydrogen) atoms. The number of rotatable bonds is 4. The summed E-state index contributed by atoms with van der Waals surface area (Å²) in [4.78, 5) is 26.8. The number of esters is 1. The summed E-state index contributed by atoms with van der Waals surface area (Å²) in [7, 11) is 1.40. The van der Waals surface area contributed by atoms with Gasteiger partial charge in [-0.05, 0) is 62.6 Å². The van der Waals surface area contributed by atoms with Crippen LogP contribution in [-0.2, 0) is 14.3 Å². The van der Waals surface area contributed by atoms with Crippen molar-refractivity contribution in [2.45, 2.75) is 70.1 Å². The number of hydrogen-bond donors (Lipinski definition) is 1. The fourth-order valence-electron chi connectivity index (χ4n) is 4.75. The van der Waals surface area contributed by atoms with Crippen LogP contribution in [0.25, 0.3) is 0 Å². The first-order valence-electron chi connectivity index (χ1n) is 10.8. The van der Waals surface area contributed by atoms with Crippen molar-refractivity contribution in [3.05, 3.63) is 35.4 Å². The van der Waals surface area contributed by atoms with Crippen molar-refractivity contribution in [1.29, 1.82) is 0 Å². The average molecular weight is 413 g/mol. The molecule has 4 atom stereocenters. The van der Waals surface area contributed by atoms with Crippen LogP contribution in [0, 0.1) is 24.7 Å². The van der Waals surface area contributed by atoms with Gasteiger partial charge in [-0.2, -0.15) is 0 Å². The normalized spacial score (nSPS) is 26.2. The third-order valence-electron chi connectivity index (χ3n) is 6.22. The van der Waals surface area contributed by atoms with Gasteiger partial charge in [-0.25, -0.2) is 4.79 Å². The van der Waals surface area contributed by atoms with Crippen LogP contribution in [0.15, 0.2) is 24.3 Å². The third kappa shape index (κ3) is 4.62. The van der Waals surface area contributed by atoms with E-state index in [1.165, 1.54) is 7.11 Å². The molecule has 1 aliphatic carbocycles. The molecule has 0 bridgehead atoms. The monoisotopic (exact) mass is 412 g/mol. The van der Waals surface area contributed by atoms with E-state index in [-0.39, 0.29) is 18.1 Å². The lowest BCUT2D eigenvalue weighted by molar-refractivity contribution is -0.164. The average Bonchev–Trinajstić information content (AvgIpc) is 3.17. The Morgan fingerprint density at radius 1 is 1.37 bits per heavy atom. The topological polar surface area (TPSA) is 81.9 Å². The molecule has 162 valence electrons. The number of carbonyl (C=O) groups is 2. The zero-order chi connectivity index (χ0) is 21.7. The Balaban J connectivity index is 1.95. The fourth-order valence-corrected chi connectivity index (χ4v) is 4.75. The van der Waals surface area contributed by atoms with E-state index in [2.05, 4.69) is 11.8 Å². The van der Waals surface area contributed by atoms with Gasteiger partial charge in [0.2, 0.25) is 0 Å². The summed E-state index contributed by atoms with van der Waals surface area (Å²) in [5, 5.41) is 0. The smallest absolute Gasteiger partial charge is 0.409 e. The summed E-state index contributed by atoms with van der Waals surface area (Å²) < 4.78 is 11.1. The van der Waals surface area contributed by atoms with Crippen molar-refractivity contribution < 1.29 is 19.1 Å². The summed E-state index contributed by atoms with van der Waals surface area (Å²) in [6.45, 7) is 4.59. The maximum Gasteiger partial charge on any atom is 0.409 e. The molecule has 1 heterocycles. The molecule has 1 aliphatic heterocycles. The van der Waals surface area contributed by atoms with E-state index < -0.39 is 17.6 Å². The summed E-state index contributed by atoms with van der Waals surface area (Å²) in [5.74, 6) is 6.10. The van der Waals surface area contributed by atoms with Gasteiger partial charge in [-0.3, -0.25) is 4.79 Å². The van der Waals surface area contributed by atoms with E-state index >= 15 is 0 Å². The molecule has 2 N–H and O–H groups in total. The number of nitrogens with zero attached hydrogens (tertiary/aromatic N) is 1. The number of nitrogens with two attached hydrogens (primary N) is 1.